The van der Waals surface area contributed by atoms with Crippen LogP contribution in [0.4, 0.5) is 24.8 Å². The summed E-state index contributed by atoms with van der Waals surface area (Å²) >= 11 is 0. The van der Waals surface area contributed by atoms with Gasteiger partial charge in [-0.25, -0.2) is 10.8 Å². The number of nitrogens with zero attached hydrogens (tertiary/aromatic N) is 1. The van der Waals surface area contributed by atoms with E-state index < -0.39 is 11.7 Å². The van der Waals surface area contributed by atoms with E-state index in [0.29, 0.717) is 6.61 Å². The number of hydrogen-bond donors (Lipinski definition) is 3. The van der Waals surface area contributed by atoms with Crippen LogP contribution in [-0.4, -0.2) is 23.7 Å². The first kappa shape index (κ1) is 13.9. The largest absolute Gasteiger partial charge is 0.416 e. The lowest BCUT2D eigenvalue weighted by Crippen LogP contribution is -2.27. The molecule has 0 bridgehead atoms. The number of rotatable bonds is 3. The number of pyridine rings is 1. The van der Waals surface area contributed by atoms with Crippen molar-refractivity contribution in [1.29, 1.82) is 0 Å². The van der Waals surface area contributed by atoms with Crippen LogP contribution in [0.3, 0.4) is 0 Å². The Balaban J connectivity index is 2.24. The quantitative estimate of drug-likeness (QED) is 0.581. The van der Waals surface area contributed by atoms with Crippen molar-refractivity contribution in [3.8, 4) is 0 Å². The first-order chi connectivity index (χ1) is 8.90. The fourth-order valence-corrected chi connectivity index (χ4v) is 1.95. The third-order valence-corrected chi connectivity index (χ3v) is 3.01. The van der Waals surface area contributed by atoms with Crippen molar-refractivity contribution in [1.82, 2.24) is 4.98 Å². The summed E-state index contributed by atoms with van der Waals surface area (Å²) in [7, 11) is 0. The van der Waals surface area contributed by atoms with Gasteiger partial charge in [0.15, 0.2) is 0 Å². The Morgan fingerprint density at radius 1 is 1.37 bits per heavy atom. The van der Waals surface area contributed by atoms with Crippen LogP contribution >= 0.6 is 0 Å². The first-order valence-corrected chi connectivity index (χ1v) is 5.84. The lowest BCUT2D eigenvalue weighted by molar-refractivity contribution is -0.137. The van der Waals surface area contributed by atoms with E-state index in [9.17, 15) is 13.2 Å². The second kappa shape index (κ2) is 5.22. The molecule has 0 aromatic carbocycles. The van der Waals surface area contributed by atoms with Gasteiger partial charge >= 0.3 is 6.18 Å². The first-order valence-electron chi connectivity index (χ1n) is 5.84. The molecule has 2 rings (SSSR count). The van der Waals surface area contributed by atoms with Gasteiger partial charge in [0.25, 0.3) is 0 Å². The molecule has 1 saturated heterocycles. The predicted molar refractivity (Wildman–Crippen MR) is 64.5 cm³/mol. The molecule has 1 aromatic heterocycles. The van der Waals surface area contributed by atoms with Crippen molar-refractivity contribution in [3.63, 3.8) is 0 Å². The van der Waals surface area contributed by atoms with Crippen LogP contribution in [0, 0.1) is 0 Å². The zero-order chi connectivity index (χ0) is 14.0. The van der Waals surface area contributed by atoms with E-state index in [4.69, 9.17) is 10.6 Å². The second-order valence-electron chi connectivity index (χ2n) is 4.38. The highest BCUT2D eigenvalue weighted by Crippen LogP contribution is 2.32. The van der Waals surface area contributed by atoms with Gasteiger partial charge in [-0.15, -0.1) is 0 Å². The fraction of sp³-hybridized carbons (Fsp3) is 0.545. The summed E-state index contributed by atoms with van der Waals surface area (Å²) in [5.74, 6) is 5.23. The van der Waals surface area contributed by atoms with Crippen LogP contribution in [0.1, 0.15) is 18.9 Å². The van der Waals surface area contributed by atoms with E-state index in [0.717, 1.165) is 18.6 Å². The smallest absolute Gasteiger partial charge is 0.376 e. The van der Waals surface area contributed by atoms with E-state index in [-0.39, 0.29) is 23.8 Å². The van der Waals surface area contributed by atoms with Gasteiger partial charge in [0, 0.05) is 6.61 Å². The molecule has 5 nitrogen and oxygen atoms in total. The minimum atomic E-state index is -4.44. The zero-order valence-electron chi connectivity index (χ0n) is 10.3. The molecule has 1 aliphatic rings. The Bertz CT molecular complexity index is 452. The summed E-state index contributed by atoms with van der Waals surface area (Å²) in [6, 6.07) is 1.77. The van der Waals surface area contributed by atoms with Crippen LogP contribution < -0.4 is 16.6 Å². The van der Waals surface area contributed by atoms with Gasteiger partial charge in [0.2, 0.25) is 0 Å². The van der Waals surface area contributed by atoms with E-state index in [1.807, 2.05) is 6.92 Å². The van der Waals surface area contributed by atoms with Crippen LogP contribution in [0.25, 0.3) is 0 Å². The lowest BCUT2D eigenvalue weighted by Gasteiger charge is -2.18. The number of halogens is 3. The summed E-state index contributed by atoms with van der Waals surface area (Å²) in [5, 5.41) is 2.95. The maximum Gasteiger partial charge on any atom is 0.416 e. The number of anilines is 2. The molecule has 0 amide bonds. The number of nitrogens with two attached hydrogens (primary N) is 1. The maximum absolute atomic E-state index is 12.7. The van der Waals surface area contributed by atoms with Gasteiger partial charge in [-0.3, -0.25) is 0 Å². The SMILES string of the molecule is CC1OCCC1Nc1cc(C(F)(F)F)cc(NN)n1. The molecule has 1 aliphatic heterocycles. The number of nitrogen functional groups attached to an aromatic ring is 1. The van der Waals surface area contributed by atoms with Gasteiger partial charge < -0.3 is 15.5 Å². The molecule has 0 aliphatic carbocycles. The van der Waals surface area contributed by atoms with Crippen LogP contribution in [0.2, 0.25) is 0 Å². The van der Waals surface area contributed by atoms with Crippen molar-refractivity contribution >= 4 is 11.6 Å². The molecule has 0 spiro atoms. The van der Waals surface area contributed by atoms with Crippen molar-refractivity contribution in [2.24, 2.45) is 5.84 Å². The van der Waals surface area contributed by atoms with Gasteiger partial charge in [0.1, 0.15) is 11.6 Å². The second-order valence-corrected chi connectivity index (χ2v) is 4.38. The van der Waals surface area contributed by atoms with Crippen molar-refractivity contribution < 1.29 is 17.9 Å². The maximum atomic E-state index is 12.7. The molecule has 1 fully saturated rings. The van der Waals surface area contributed by atoms with E-state index >= 15 is 0 Å². The Morgan fingerprint density at radius 2 is 2.05 bits per heavy atom. The third-order valence-electron chi connectivity index (χ3n) is 3.01. The number of hydrogen-bond acceptors (Lipinski definition) is 5. The standard InChI is InChI=1S/C11H15F3N4O/c1-6-8(2-3-19-6)16-9-4-7(11(12,13)14)5-10(17-9)18-15/h4-6,8H,2-3,15H2,1H3,(H2,16,17,18). The molecule has 106 valence electrons. The van der Waals surface area contributed by atoms with Crippen molar-refractivity contribution in [2.45, 2.75) is 31.7 Å². The van der Waals surface area contributed by atoms with Gasteiger partial charge in [-0.1, -0.05) is 0 Å². The molecule has 8 heteroatoms. The number of ether oxygens (including phenoxy) is 1. The average molecular weight is 276 g/mol. The monoisotopic (exact) mass is 276 g/mol. The average Bonchev–Trinajstić information content (AvgIpc) is 2.73. The number of hydrazine groups is 1. The Morgan fingerprint density at radius 3 is 2.58 bits per heavy atom. The highest BCUT2D eigenvalue weighted by molar-refractivity contribution is 5.49. The van der Waals surface area contributed by atoms with E-state index in [1.54, 1.807) is 0 Å². The van der Waals surface area contributed by atoms with Crippen molar-refractivity contribution in [3.05, 3.63) is 17.7 Å². The molecule has 0 radical (unpaired) electrons. The fourth-order valence-electron chi connectivity index (χ4n) is 1.95. The minimum absolute atomic E-state index is 0.0381. The predicted octanol–water partition coefficient (Wildman–Crippen LogP) is 1.98. The molecule has 19 heavy (non-hydrogen) atoms. The molecule has 2 unspecified atom stereocenters. The summed E-state index contributed by atoms with van der Waals surface area (Å²) < 4.78 is 43.5. The zero-order valence-corrected chi connectivity index (χ0v) is 10.3. The Labute approximate surface area is 108 Å². The molecular weight excluding hydrogens is 261 g/mol. The molecule has 2 atom stereocenters. The third kappa shape index (κ3) is 3.27. The topological polar surface area (TPSA) is 72.2 Å². The lowest BCUT2D eigenvalue weighted by atomic mass is 10.1. The van der Waals surface area contributed by atoms with Gasteiger partial charge in [-0.2, -0.15) is 13.2 Å². The summed E-state index contributed by atoms with van der Waals surface area (Å²) in [6.07, 6.45) is -3.78. The summed E-state index contributed by atoms with van der Waals surface area (Å²) in [4.78, 5) is 3.96. The minimum Gasteiger partial charge on any atom is -0.376 e. The Kier molecular flexibility index (Phi) is 3.81. The van der Waals surface area contributed by atoms with Gasteiger partial charge in [0.05, 0.1) is 17.7 Å². The molecule has 2 heterocycles. The van der Waals surface area contributed by atoms with Crippen LogP contribution in [-0.2, 0) is 10.9 Å². The highest BCUT2D eigenvalue weighted by Gasteiger charge is 2.32. The summed E-state index contributed by atoms with van der Waals surface area (Å²) in [5.41, 5.74) is 1.33. The molecular formula is C11H15F3N4O. The molecule has 4 N–H and O–H groups in total. The van der Waals surface area contributed by atoms with Crippen molar-refractivity contribution in [2.75, 3.05) is 17.3 Å². The molecule has 0 saturated carbocycles. The van der Waals surface area contributed by atoms with E-state index in [1.165, 1.54) is 0 Å². The van der Waals surface area contributed by atoms with Gasteiger partial charge in [-0.05, 0) is 25.5 Å². The number of nitrogens with one attached hydrogen (secondary N) is 2. The van der Waals surface area contributed by atoms with Crippen LogP contribution in [0.15, 0.2) is 12.1 Å². The Hall–Kier alpha value is -1.54. The number of aromatic nitrogens is 1. The van der Waals surface area contributed by atoms with E-state index in [2.05, 4.69) is 15.7 Å². The van der Waals surface area contributed by atoms with Crippen LogP contribution in [0.5, 0.6) is 0 Å². The summed E-state index contributed by atoms with van der Waals surface area (Å²) in [6.45, 7) is 2.44. The highest BCUT2D eigenvalue weighted by atomic mass is 19.4. The number of alkyl halides is 3. The normalized spacial score (nSPS) is 23.4. The molecule has 1 aromatic rings.